The van der Waals surface area contributed by atoms with Gasteiger partial charge in [-0.05, 0) is 42.5 Å². The zero-order valence-corrected chi connectivity index (χ0v) is 16.8. The number of aromatic nitrogens is 2. The lowest BCUT2D eigenvalue weighted by Gasteiger charge is -2.35. The fourth-order valence-electron chi connectivity index (χ4n) is 3.25. The molecule has 144 valence electrons. The molecule has 0 spiro atoms. The molecule has 1 saturated heterocycles. The lowest BCUT2D eigenvalue weighted by molar-refractivity contribution is 0.100. The minimum atomic E-state index is -0.404. The lowest BCUT2D eigenvalue weighted by atomic mass is 10.1. The summed E-state index contributed by atoms with van der Waals surface area (Å²) in [5, 5.41) is 8.35. The fourth-order valence-corrected chi connectivity index (χ4v) is 3.65. The summed E-state index contributed by atoms with van der Waals surface area (Å²) < 4.78 is 6.81. The van der Waals surface area contributed by atoms with Crippen LogP contribution in [0.2, 0.25) is 0 Å². The predicted octanol–water partition coefficient (Wildman–Crippen LogP) is 2.92. The number of rotatable bonds is 5. The Hall–Kier alpha value is -2.71. The maximum absolute atomic E-state index is 11.2. The summed E-state index contributed by atoms with van der Waals surface area (Å²) in [4.78, 5) is 15.8. The van der Waals surface area contributed by atoms with E-state index < -0.39 is 5.91 Å². The highest BCUT2D eigenvalue weighted by Gasteiger charge is 2.20. The summed E-state index contributed by atoms with van der Waals surface area (Å²) in [6, 6.07) is 15.2. The summed E-state index contributed by atoms with van der Waals surface area (Å²) in [6.07, 6.45) is 0. The Labute approximate surface area is 171 Å². The van der Waals surface area contributed by atoms with Crippen molar-refractivity contribution in [3.05, 3.63) is 64.5 Å². The number of anilines is 1. The number of halogens is 1. The summed E-state index contributed by atoms with van der Waals surface area (Å²) in [7, 11) is 0. The Balaban J connectivity index is 1.34. The second-order valence-corrected chi connectivity index (χ2v) is 7.60. The van der Waals surface area contributed by atoms with Crippen LogP contribution in [0.4, 0.5) is 5.69 Å². The number of nitrogens with zero attached hydrogens (tertiary/aromatic N) is 4. The standard InChI is InChI=1S/C20H20BrN5O2/c21-16-3-1-2-15(12-16)20-24-23-18(28-20)13-25-8-10-26(11-9-25)17-6-4-14(5-7-17)19(22)27/h1-7,12H,8-11,13H2,(H2,22,27). The van der Waals surface area contributed by atoms with Crippen LogP contribution in [0.3, 0.4) is 0 Å². The zero-order chi connectivity index (χ0) is 19.5. The van der Waals surface area contributed by atoms with Gasteiger partial charge in [-0.15, -0.1) is 10.2 Å². The van der Waals surface area contributed by atoms with Gasteiger partial charge in [-0.25, -0.2) is 0 Å². The van der Waals surface area contributed by atoms with Crippen molar-refractivity contribution in [2.24, 2.45) is 5.73 Å². The minimum absolute atomic E-state index is 0.404. The molecule has 7 nitrogen and oxygen atoms in total. The average Bonchev–Trinajstić information content (AvgIpc) is 3.17. The van der Waals surface area contributed by atoms with E-state index in [4.69, 9.17) is 10.2 Å². The molecule has 28 heavy (non-hydrogen) atoms. The number of nitrogens with two attached hydrogens (primary N) is 1. The molecule has 1 amide bonds. The molecular formula is C20H20BrN5O2. The Morgan fingerprint density at radius 1 is 1.07 bits per heavy atom. The molecule has 1 aliphatic rings. The maximum Gasteiger partial charge on any atom is 0.248 e. The molecule has 0 saturated carbocycles. The quantitative estimate of drug-likeness (QED) is 0.654. The van der Waals surface area contributed by atoms with Gasteiger partial charge < -0.3 is 15.1 Å². The summed E-state index contributed by atoms with van der Waals surface area (Å²) in [6.45, 7) is 4.21. The molecule has 0 aliphatic carbocycles. The number of hydrogen-bond donors (Lipinski definition) is 1. The van der Waals surface area contributed by atoms with Crippen LogP contribution in [-0.4, -0.2) is 47.2 Å². The maximum atomic E-state index is 11.2. The molecule has 4 rings (SSSR count). The molecule has 0 unspecified atom stereocenters. The first-order valence-corrected chi connectivity index (χ1v) is 9.83. The number of hydrogen-bond acceptors (Lipinski definition) is 6. The van der Waals surface area contributed by atoms with Gasteiger partial charge in [-0.3, -0.25) is 9.69 Å². The van der Waals surface area contributed by atoms with Gasteiger partial charge in [0, 0.05) is 47.5 Å². The van der Waals surface area contributed by atoms with Gasteiger partial charge in [0.2, 0.25) is 17.7 Å². The Morgan fingerprint density at radius 2 is 1.82 bits per heavy atom. The average molecular weight is 442 g/mol. The Bertz CT molecular complexity index is 965. The molecule has 0 radical (unpaired) electrons. The van der Waals surface area contributed by atoms with Crippen LogP contribution in [0.15, 0.2) is 57.4 Å². The van der Waals surface area contributed by atoms with Crippen LogP contribution < -0.4 is 10.6 Å². The van der Waals surface area contributed by atoms with Crippen LogP contribution in [0.1, 0.15) is 16.2 Å². The molecule has 1 aromatic heterocycles. The molecule has 1 fully saturated rings. The second-order valence-electron chi connectivity index (χ2n) is 6.69. The number of primary amides is 1. The highest BCUT2D eigenvalue weighted by Crippen LogP contribution is 2.23. The van der Waals surface area contributed by atoms with E-state index in [-0.39, 0.29) is 0 Å². The largest absolute Gasteiger partial charge is 0.419 e. The first-order chi connectivity index (χ1) is 13.6. The van der Waals surface area contributed by atoms with E-state index in [0.29, 0.717) is 23.9 Å². The SMILES string of the molecule is NC(=O)c1ccc(N2CCN(Cc3nnc(-c4cccc(Br)c4)o3)CC2)cc1. The van der Waals surface area contributed by atoms with E-state index in [1.807, 2.05) is 36.4 Å². The van der Waals surface area contributed by atoms with E-state index in [2.05, 4.69) is 35.9 Å². The number of carbonyl (C=O) groups excluding carboxylic acids is 1. The van der Waals surface area contributed by atoms with Crippen molar-refractivity contribution in [1.29, 1.82) is 0 Å². The van der Waals surface area contributed by atoms with Gasteiger partial charge in [-0.2, -0.15) is 0 Å². The van der Waals surface area contributed by atoms with Gasteiger partial charge in [0.25, 0.3) is 0 Å². The highest BCUT2D eigenvalue weighted by molar-refractivity contribution is 9.10. The van der Waals surface area contributed by atoms with Gasteiger partial charge in [0.1, 0.15) is 0 Å². The molecule has 0 atom stereocenters. The third-order valence-corrected chi connectivity index (χ3v) is 5.28. The van der Waals surface area contributed by atoms with Crippen molar-refractivity contribution in [2.75, 3.05) is 31.1 Å². The second kappa shape index (κ2) is 8.12. The monoisotopic (exact) mass is 441 g/mol. The summed E-state index contributed by atoms with van der Waals surface area (Å²) in [5.74, 6) is 0.747. The normalized spacial score (nSPS) is 15.0. The highest BCUT2D eigenvalue weighted by atomic mass is 79.9. The lowest BCUT2D eigenvalue weighted by Crippen LogP contribution is -2.46. The van der Waals surface area contributed by atoms with E-state index in [1.54, 1.807) is 12.1 Å². The first kappa shape index (κ1) is 18.6. The molecular weight excluding hydrogens is 422 g/mol. The molecule has 2 aromatic carbocycles. The van der Waals surface area contributed by atoms with E-state index in [0.717, 1.165) is 41.9 Å². The fraction of sp³-hybridized carbons (Fsp3) is 0.250. The van der Waals surface area contributed by atoms with Crippen LogP contribution in [0.5, 0.6) is 0 Å². The Morgan fingerprint density at radius 3 is 2.50 bits per heavy atom. The van der Waals surface area contributed by atoms with Gasteiger partial charge in [-0.1, -0.05) is 22.0 Å². The Kier molecular flexibility index (Phi) is 5.40. The number of benzene rings is 2. The van der Waals surface area contributed by atoms with Crippen LogP contribution in [-0.2, 0) is 6.54 Å². The summed E-state index contributed by atoms with van der Waals surface area (Å²) in [5.41, 5.74) is 7.82. The van der Waals surface area contributed by atoms with Crippen molar-refractivity contribution in [3.8, 4) is 11.5 Å². The van der Waals surface area contributed by atoms with Crippen molar-refractivity contribution < 1.29 is 9.21 Å². The molecule has 2 heterocycles. The number of carbonyl (C=O) groups is 1. The van der Waals surface area contributed by atoms with Gasteiger partial charge in [0.15, 0.2) is 0 Å². The molecule has 2 N–H and O–H groups in total. The van der Waals surface area contributed by atoms with E-state index in [9.17, 15) is 4.79 Å². The van der Waals surface area contributed by atoms with Crippen molar-refractivity contribution in [3.63, 3.8) is 0 Å². The zero-order valence-electron chi connectivity index (χ0n) is 15.2. The van der Waals surface area contributed by atoms with Crippen LogP contribution in [0.25, 0.3) is 11.5 Å². The van der Waals surface area contributed by atoms with Gasteiger partial charge >= 0.3 is 0 Å². The topological polar surface area (TPSA) is 88.5 Å². The first-order valence-electron chi connectivity index (χ1n) is 9.04. The molecule has 8 heteroatoms. The predicted molar refractivity (Wildman–Crippen MR) is 110 cm³/mol. The number of amides is 1. The van der Waals surface area contributed by atoms with Crippen molar-refractivity contribution in [2.45, 2.75) is 6.54 Å². The minimum Gasteiger partial charge on any atom is -0.419 e. The van der Waals surface area contributed by atoms with E-state index >= 15 is 0 Å². The van der Waals surface area contributed by atoms with Crippen LogP contribution in [0, 0.1) is 0 Å². The van der Waals surface area contributed by atoms with Crippen molar-refractivity contribution in [1.82, 2.24) is 15.1 Å². The van der Waals surface area contributed by atoms with Crippen molar-refractivity contribution >= 4 is 27.5 Å². The van der Waals surface area contributed by atoms with Gasteiger partial charge in [0.05, 0.1) is 6.54 Å². The molecule has 3 aromatic rings. The van der Waals surface area contributed by atoms with Crippen LogP contribution >= 0.6 is 15.9 Å². The molecule has 1 aliphatic heterocycles. The molecule has 0 bridgehead atoms. The third-order valence-electron chi connectivity index (χ3n) is 4.79. The third kappa shape index (κ3) is 4.23. The van der Waals surface area contributed by atoms with E-state index in [1.165, 1.54) is 0 Å². The summed E-state index contributed by atoms with van der Waals surface area (Å²) >= 11 is 3.46. The smallest absolute Gasteiger partial charge is 0.248 e. The number of piperazine rings is 1.